The number of nitrogens with zero attached hydrogens (tertiary/aromatic N) is 6. The minimum atomic E-state index is 0. The standard InChI is InChI=1S/C19H31N7O.HI/c1-3-20-19(21-10-15-6-7-24(12-15)16-4-5-16)25-8-9-26(18(27)14-25)17-11-22-23(2)13-17;/h11,13,15-16H,3-10,12,14H2,1-2H3,(H,20,21);1H. The Morgan fingerprint density at radius 2 is 2.11 bits per heavy atom. The van der Waals surface area contributed by atoms with E-state index in [0.29, 0.717) is 19.0 Å². The summed E-state index contributed by atoms with van der Waals surface area (Å²) in [7, 11) is 1.87. The van der Waals surface area contributed by atoms with Gasteiger partial charge in [-0.25, -0.2) is 0 Å². The third kappa shape index (κ3) is 4.97. The molecular formula is C19H32IN7O. The van der Waals surface area contributed by atoms with Gasteiger partial charge in [0.15, 0.2) is 5.96 Å². The maximum Gasteiger partial charge on any atom is 0.246 e. The molecule has 0 spiro atoms. The molecule has 0 aromatic carbocycles. The molecule has 3 aliphatic rings. The van der Waals surface area contributed by atoms with Crippen molar-refractivity contribution in [2.24, 2.45) is 18.0 Å². The van der Waals surface area contributed by atoms with Crippen LogP contribution in [-0.4, -0.2) is 83.3 Å². The number of hydrogen-bond acceptors (Lipinski definition) is 4. The number of carbonyl (C=O) groups is 1. The quantitative estimate of drug-likeness (QED) is 0.373. The van der Waals surface area contributed by atoms with Crippen molar-refractivity contribution in [2.75, 3.05) is 50.7 Å². The molecule has 1 aliphatic carbocycles. The van der Waals surface area contributed by atoms with Crippen LogP contribution in [0.1, 0.15) is 26.2 Å². The number of halogens is 1. The number of rotatable bonds is 5. The molecule has 1 amide bonds. The van der Waals surface area contributed by atoms with E-state index in [0.717, 1.165) is 37.3 Å². The summed E-state index contributed by atoms with van der Waals surface area (Å²) in [5.74, 6) is 1.62. The number of piperazine rings is 1. The van der Waals surface area contributed by atoms with E-state index >= 15 is 0 Å². The summed E-state index contributed by atoms with van der Waals surface area (Å²) in [5, 5.41) is 7.55. The second kappa shape index (κ2) is 9.43. The molecule has 2 saturated heterocycles. The van der Waals surface area contributed by atoms with Gasteiger partial charge in [-0.15, -0.1) is 24.0 Å². The van der Waals surface area contributed by atoms with E-state index in [9.17, 15) is 4.79 Å². The largest absolute Gasteiger partial charge is 0.357 e. The molecule has 28 heavy (non-hydrogen) atoms. The Hall–Kier alpha value is -1.36. The van der Waals surface area contributed by atoms with E-state index in [-0.39, 0.29) is 29.9 Å². The fourth-order valence-corrected chi connectivity index (χ4v) is 4.10. The Labute approximate surface area is 184 Å². The van der Waals surface area contributed by atoms with E-state index in [1.807, 2.05) is 18.1 Å². The normalized spacial score (nSPS) is 23.9. The average molecular weight is 501 g/mol. The van der Waals surface area contributed by atoms with Crippen molar-refractivity contribution in [3.63, 3.8) is 0 Å². The number of anilines is 1. The molecule has 1 unspecified atom stereocenters. The van der Waals surface area contributed by atoms with Gasteiger partial charge in [-0.2, -0.15) is 5.10 Å². The number of nitrogens with one attached hydrogen (secondary N) is 1. The molecule has 1 aromatic heterocycles. The Kier molecular flexibility index (Phi) is 7.19. The first-order chi connectivity index (χ1) is 13.1. The lowest BCUT2D eigenvalue weighted by Gasteiger charge is -2.35. The first kappa shape index (κ1) is 21.4. The van der Waals surface area contributed by atoms with Crippen molar-refractivity contribution in [1.29, 1.82) is 0 Å². The number of hydrogen-bond donors (Lipinski definition) is 1. The highest BCUT2D eigenvalue weighted by molar-refractivity contribution is 14.0. The number of amides is 1. The van der Waals surface area contributed by atoms with Gasteiger partial charge < -0.3 is 20.0 Å². The number of aryl methyl sites for hydroxylation is 1. The molecule has 1 N–H and O–H groups in total. The van der Waals surface area contributed by atoms with Crippen LogP contribution in [0.2, 0.25) is 0 Å². The van der Waals surface area contributed by atoms with Crippen LogP contribution < -0.4 is 10.2 Å². The fourth-order valence-electron chi connectivity index (χ4n) is 4.10. The second-order valence-electron chi connectivity index (χ2n) is 7.91. The topological polar surface area (TPSA) is 69.0 Å². The van der Waals surface area contributed by atoms with Crippen LogP contribution in [0.5, 0.6) is 0 Å². The van der Waals surface area contributed by atoms with Gasteiger partial charge in [-0.3, -0.25) is 14.5 Å². The van der Waals surface area contributed by atoms with Gasteiger partial charge in [0.05, 0.1) is 11.9 Å². The minimum absolute atomic E-state index is 0. The van der Waals surface area contributed by atoms with Crippen LogP contribution in [0.25, 0.3) is 0 Å². The van der Waals surface area contributed by atoms with E-state index in [1.165, 1.54) is 32.4 Å². The summed E-state index contributed by atoms with van der Waals surface area (Å²) in [6, 6.07) is 0.852. The predicted octanol–water partition coefficient (Wildman–Crippen LogP) is 1.14. The summed E-state index contributed by atoms with van der Waals surface area (Å²) < 4.78 is 1.73. The lowest BCUT2D eigenvalue weighted by Crippen LogP contribution is -2.55. The fraction of sp³-hybridized carbons (Fsp3) is 0.737. The number of guanidine groups is 1. The molecular weight excluding hydrogens is 469 g/mol. The molecule has 3 fully saturated rings. The van der Waals surface area contributed by atoms with Crippen LogP contribution in [0.15, 0.2) is 17.4 Å². The van der Waals surface area contributed by atoms with E-state index in [4.69, 9.17) is 4.99 Å². The monoisotopic (exact) mass is 501 g/mol. The third-order valence-electron chi connectivity index (χ3n) is 5.74. The Balaban J connectivity index is 0.00000225. The average Bonchev–Trinajstić information content (AvgIpc) is 3.25. The Morgan fingerprint density at radius 3 is 2.75 bits per heavy atom. The summed E-state index contributed by atoms with van der Waals surface area (Å²) in [6.45, 7) is 7.95. The van der Waals surface area contributed by atoms with Crippen molar-refractivity contribution < 1.29 is 4.79 Å². The van der Waals surface area contributed by atoms with Gasteiger partial charge in [0.25, 0.3) is 0 Å². The van der Waals surface area contributed by atoms with Crippen LogP contribution in [0, 0.1) is 5.92 Å². The van der Waals surface area contributed by atoms with Crippen molar-refractivity contribution >= 4 is 41.5 Å². The number of aromatic nitrogens is 2. The SMILES string of the molecule is CCNC(=NCC1CCN(C2CC2)C1)N1CCN(c2cnn(C)c2)C(=O)C1.I. The summed E-state index contributed by atoms with van der Waals surface area (Å²) in [4.78, 5) is 24.1. The number of likely N-dealkylation sites (tertiary alicyclic amines) is 1. The van der Waals surface area contributed by atoms with Crippen LogP contribution in [-0.2, 0) is 11.8 Å². The molecule has 4 rings (SSSR count). The highest BCUT2D eigenvalue weighted by atomic mass is 127. The highest BCUT2D eigenvalue weighted by Crippen LogP contribution is 2.31. The Bertz CT molecular complexity index is 702. The van der Waals surface area contributed by atoms with Crippen molar-refractivity contribution in [3.05, 3.63) is 12.4 Å². The minimum Gasteiger partial charge on any atom is -0.357 e. The molecule has 156 valence electrons. The second-order valence-corrected chi connectivity index (χ2v) is 7.91. The predicted molar refractivity (Wildman–Crippen MR) is 121 cm³/mol. The first-order valence-corrected chi connectivity index (χ1v) is 10.2. The molecule has 3 heterocycles. The van der Waals surface area contributed by atoms with Crippen LogP contribution >= 0.6 is 24.0 Å². The molecule has 1 saturated carbocycles. The van der Waals surface area contributed by atoms with Gasteiger partial charge in [0, 0.05) is 52.0 Å². The molecule has 0 radical (unpaired) electrons. The molecule has 9 heteroatoms. The van der Waals surface area contributed by atoms with Gasteiger partial charge in [-0.05, 0) is 38.6 Å². The maximum absolute atomic E-state index is 12.7. The van der Waals surface area contributed by atoms with Crippen molar-refractivity contribution in [3.8, 4) is 0 Å². The maximum atomic E-state index is 12.7. The zero-order chi connectivity index (χ0) is 18.8. The molecule has 2 aliphatic heterocycles. The lowest BCUT2D eigenvalue weighted by molar-refractivity contribution is -0.120. The zero-order valence-electron chi connectivity index (χ0n) is 16.9. The van der Waals surface area contributed by atoms with Gasteiger partial charge in [-0.1, -0.05) is 0 Å². The molecule has 8 nitrogen and oxygen atoms in total. The molecule has 1 atom stereocenters. The van der Waals surface area contributed by atoms with Crippen LogP contribution in [0.3, 0.4) is 0 Å². The number of aliphatic imine (C=N–C) groups is 1. The van der Waals surface area contributed by atoms with Crippen LogP contribution in [0.4, 0.5) is 5.69 Å². The summed E-state index contributed by atoms with van der Waals surface area (Å²) in [6.07, 6.45) is 7.63. The Morgan fingerprint density at radius 1 is 1.29 bits per heavy atom. The first-order valence-electron chi connectivity index (χ1n) is 10.2. The smallest absolute Gasteiger partial charge is 0.246 e. The zero-order valence-corrected chi connectivity index (χ0v) is 19.2. The van der Waals surface area contributed by atoms with E-state index in [1.54, 1.807) is 10.9 Å². The van der Waals surface area contributed by atoms with E-state index in [2.05, 4.69) is 27.1 Å². The van der Waals surface area contributed by atoms with Crippen molar-refractivity contribution in [1.82, 2.24) is 24.9 Å². The van der Waals surface area contributed by atoms with Gasteiger partial charge in [0.1, 0.15) is 6.54 Å². The summed E-state index contributed by atoms with van der Waals surface area (Å²) in [5.41, 5.74) is 0.871. The summed E-state index contributed by atoms with van der Waals surface area (Å²) >= 11 is 0. The molecule has 1 aromatic rings. The third-order valence-corrected chi connectivity index (χ3v) is 5.74. The van der Waals surface area contributed by atoms with Gasteiger partial charge in [0.2, 0.25) is 5.91 Å². The highest BCUT2D eigenvalue weighted by Gasteiger charge is 2.34. The van der Waals surface area contributed by atoms with Crippen molar-refractivity contribution in [2.45, 2.75) is 32.2 Å². The van der Waals surface area contributed by atoms with E-state index < -0.39 is 0 Å². The molecule has 0 bridgehead atoms. The van der Waals surface area contributed by atoms with Gasteiger partial charge >= 0.3 is 0 Å². The number of carbonyl (C=O) groups excluding carboxylic acids is 1. The lowest BCUT2D eigenvalue weighted by atomic mass is 10.1.